The highest BCUT2D eigenvalue weighted by molar-refractivity contribution is 7.21. The fourth-order valence-electron chi connectivity index (χ4n) is 2.95. The van der Waals surface area contributed by atoms with Crippen LogP contribution in [0.4, 0.5) is 17.6 Å². The Balaban J connectivity index is 0.000000406. The van der Waals surface area contributed by atoms with E-state index in [1.807, 2.05) is 49.4 Å². The molecule has 1 unspecified atom stereocenters. The van der Waals surface area contributed by atoms with Gasteiger partial charge in [-0.25, -0.2) is 14.2 Å². The van der Waals surface area contributed by atoms with E-state index in [0.29, 0.717) is 22.6 Å². The zero-order valence-electron chi connectivity index (χ0n) is 17.7. The molecule has 3 N–H and O–H groups in total. The summed E-state index contributed by atoms with van der Waals surface area (Å²) < 4.78 is 45.1. The van der Waals surface area contributed by atoms with E-state index in [1.165, 1.54) is 23.5 Å². The zero-order valence-corrected chi connectivity index (χ0v) is 18.5. The highest BCUT2D eigenvalue weighted by Gasteiger charge is 2.38. The lowest BCUT2D eigenvalue weighted by atomic mass is 10.1. The van der Waals surface area contributed by atoms with Crippen LogP contribution in [-0.4, -0.2) is 27.2 Å². The van der Waals surface area contributed by atoms with Crippen LogP contribution >= 0.6 is 11.3 Å². The van der Waals surface area contributed by atoms with Crippen molar-refractivity contribution < 1.29 is 27.5 Å². The van der Waals surface area contributed by atoms with Crippen molar-refractivity contribution in [2.45, 2.75) is 25.7 Å². The molecule has 0 saturated carbocycles. The maximum absolute atomic E-state index is 13.4. The summed E-state index contributed by atoms with van der Waals surface area (Å²) in [6.45, 7) is 2.34. The Bertz CT molecular complexity index is 1340. The van der Waals surface area contributed by atoms with Crippen molar-refractivity contribution in [2.75, 3.05) is 0 Å². The lowest BCUT2D eigenvalue weighted by Gasteiger charge is -2.13. The van der Waals surface area contributed by atoms with Crippen LogP contribution in [0, 0.1) is 5.82 Å². The van der Waals surface area contributed by atoms with Crippen LogP contribution in [-0.2, 0) is 11.3 Å². The summed E-state index contributed by atoms with van der Waals surface area (Å²) >= 11 is 1.50. The predicted molar refractivity (Wildman–Crippen MR) is 121 cm³/mol. The minimum absolute atomic E-state index is 0.0649. The number of thiophene rings is 1. The van der Waals surface area contributed by atoms with Crippen molar-refractivity contribution in [1.29, 1.82) is 0 Å². The summed E-state index contributed by atoms with van der Waals surface area (Å²) in [6.07, 6.45) is -5.08. The number of aromatic amines is 1. The number of hydrogen-bond acceptors (Lipinski definition) is 5. The second-order valence-corrected chi connectivity index (χ2v) is 8.20. The van der Waals surface area contributed by atoms with Gasteiger partial charge in [0.2, 0.25) is 0 Å². The summed E-state index contributed by atoms with van der Waals surface area (Å²) in [5.41, 5.74) is 1.77. The first kappa shape index (κ1) is 25.1. The molecule has 2 heterocycles. The fourth-order valence-corrected chi connectivity index (χ4v) is 4.00. The van der Waals surface area contributed by atoms with Crippen LogP contribution in [0.2, 0.25) is 0 Å². The Morgan fingerprint density at radius 2 is 1.82 bits per heavy atom. The van der Waals surface area contributed by atoms with Gasteiger partial charge in [-0.2, -0.15) is 13.2 Å². The van der Waals surface area contributed by atoms with Gasteiger partial charge in [0.15, 0.2) is 0 Å². The molecular formula is C23H19F4N3O3S. The van der Waals surface area contributed by atoms with Crippen molar-refractivity contribution >= 4 is 27.5 Å². The molecule has 0 radical (unpaired) electrons. The Kier molecular flexibility index (Phi) is 7.79. The molecule has 4 rings (SSSR count). The van der Waals surface area contributed by atoms with E-state index >= 15 is 0 Å². The number of nitrogens with one attached hydrogen (secondary N) is 2. The quantitative estimate of drug-likeness (QED) is 0.329. The normalized spacial score (nSPS) is 12.1. The number of H-pyrrole nitrogens is 1. The van der Waals surface area contributed by atoms with Crippen molar-refractivity contribution in [3.05, 3.63) is 88.2 Å². The van der Waals surface area contributed by atoms with Gasteiger partial charge in [-0.3, -0.25) is 4.79 Å². The Morgan fingerprint density at radius 3 is 2.44 bits per heavy atom. The van der Waals surface area contributed by atoms with Crippen molar-refractivity contribution in [1.82, 2.24) is 15.3 Å². The van der Waals surface area contributed by atoms with Gasteiger partial charge in [-0.05, 0) is 36.2 Å². The lowest BCUT2D eigenvalue weighted by Crippen LogP contribution is -2.22. The van der Waals surface area contributed by atoms with Gasteiger partial charge < -0.3 is 15.4 Å². The minimum atomic E-state index is -5.08. The van der Waals surface area contributed by atoms with E-state index in [9.17, 15) is 22.4 Å². The van der Waals surface area contributed by atoms with Crippen molar-refractivity contribution in [3.8, 4) is 10.4 Å². The van der Waals surface area contributed by atoms with Crippen LogP contribution in [0.1, 0.15) is 24.4 Å². The van der Waals surface area contributed by atoms with Gasteiger partial charge in [-0.15, -0.1) is 11.3 Å². The number of nitrogens with zero attached hydrogens (tertiary/aromatic N) is 1. The second-order valence-electron chi connectivity index (χ2n) is 7.17. The largest absolute Gasteiger partial charge is 0.490 e. The highest BCUT2D eigenvalue weighted by Crippen LogP contribution is 2.30. The lowest BCUT2D eigenvalue weighted by molar-refractivity contribution is -0.192. The number of carbonyl (C=O) groups is 1. The number of alkyl halides is 3. The predicted octanol–water partition coefficient (Wildman–Crippen LogP) is 5.27. The van der Waals surface area contributed by atoms with Crippen LogP contribution in [0.3, 0.4) is 0 Å². The monoisotopic (exact) mass is 493 g/mol. The van der Waals surface area contributed by atoms with E-state index in [0.717, 1.165) is 16.0 Å². The molecule has 178 valence electrons. The van der Waals surface area contributed by atoms with Crippen molar-refractivity contribution in [2.24, 2.45) is 0 Å². The third-order valence-corrected chi connectivity index (χ3v) is 5.75. The number of aliphatic carboxylic acids is 1. The van der Waals surface area contributed by atoms with Gasteiger partial charge in [-0.1, -0.05) is 42.5 Å². The second kappa shape index (κ2) is 10.6. The van der Waals surface area contributed by atoms with Crippen LogP contribution in [0.5, 0.6) is 0 Å². The van der Waals surface area contributed by atoms with Gasteiger partial charge in [0.1, 0.15) is 16.5 Å². The number of benzene rings is 2. The number of rotatable bonds is 5. The number of carboxylic acids is 1. The van der Waals surface area contributed by atoms with E-state index < -0.39 is 12.1 Å². The van der Waals surface area contributed by atoms with Crippen LogP contribution in [0.15, 0.2) is 65.5 Å². The van der Waals surface area contributed by atoms with Gasteiger partial charge in [0, 0.05) is 10.9 Å². The average Bonchev–Trinajstić information content (AvgIpc) is 3.23. The molecule has 0 aliphatic heterocycles. The molecule has 0 saturated heterocycles. The topological polar surface area (TPSA) is 95.1 Å². The molecule has 0 aliphatic rings. The molecule has 0 fully saturated rings. The molecule has 1 atom stereocenters. The molecule has 0 amide bonds. The summed E-state index contributed by atoms with van der Waals surface area (Å²) in [6, 6.07) is 18.2. The highest BCUT2D eigenvalue weighted by atomic mass is 32.1. The molecule has 6 nitrogen and oxygen atoms in total. The summed E-state index contributed by atoms with van der Waals surface area (Å²) in [7, 11) is 0. The van der Waals surface area contributed by atoms with Crippen LogP contribution in [0.25, 0.3) is 20.7 Å². The van der Waals surface area contributed by atoms with E-state index in [2.05, 4.69) is 15.3 Å². The summed E-state index contributed by atoms with van der Waals surface area (Å²) in [5, 5.41) is 11.0. The summed E-state index contributed by atoms with van der Waals surface area (Å²) in [4.78, 5) is 30.5. The van der Waals surface area contributed by atoms with E-state index in [1.54, 1.807) is 6.07 Å². The Morgan fingerprint density at radius 1 is 1.15 bits per heavy atom. The number of halogens is 4. The first-order valence-corrected chi connectivity index (χ1v) is 10.7. The number of hydrogen-bond donors (Lipinski definition) is 3. The molecule has 2 aromatic carbocycles. The summed E-state index contributed by atoms with van der Waals surface area (Å²) in [5.74, 6) is -2.45. The van der Waals surface area contributed by atoms with Gasteiger partial charge >= 0.3 is 12.1 Å². The first-order chi connectivity index (χ1) is 16.0. The molecule has 11 heteroatoms. The average molecular weight is 493 g/mol. The Labute approximate surface area is 194 Å². The van der Waals surface area contributed by atoms with E-state index in [4.69, 9.17) is 9.90 Å². The SMILES string of the molecule is CC(NCc1nc2sc(-c3ccccc3)cc2c(=O)[nH]1)c1cccc(F)c1.O=C(O)C(F)(F)F. The van der Waals surface area contributed by atoms with Crippen LogP contribution < -0.4 is 10.9 Å². The number of carboxylic acid groups (broad SMARTS) is 1. The fraction of sp³-hybridized carbons (Fsp3) is 0.174. The molecular weight excluding hydrogens is 474 g/mol. The number of aromatic nitrogens is 2. The third kappa shape index (κ3) is 6.49. The van der Waals surface area contributed by atoms with E-state index in [-0.39, 0.29) is 17.4 Å². The van der Waals surface area contributed by atoms with Gasteiger partial charge in [0.05, 0.1) is 11.9 Å². The molecule has 2 aromatic heterocycles. The number of fused-ring (bicyclic) bond motifs is 1. The molecule has 0 bridgehead atoms. The zero-order chi connectivity index (χ0) is 24.9. The standard InChI is InChI=1S/C21H18FN3OS.C2HF3O2/c1-13(15-8-5-9-16(22)10-15)23-12-19-24-20(26)17-11-18(27-21(17)25-19)14-6-3-2-4-7-14;3-2(4,5)1(6)7/h2-11,13,23H,12H2,1H3,(H,24,25,26);(H,6,7). The molecule has 34 heavy (non-hydrogen) atoms. The maximum atomic E-state index is 13.4. The molecule has 0 spiro atoms. The first-order valence-electron chi connectivity index (χ1n) is 9.91. The molecule has 4 aromatic rings. The van der Waals surface area contributed by atoms with Gasteiger partial charge in [0.25, 0.3) is 5.56 Å². The Hall–Kier alpha value is -3.57. The van der Waals surface area contributed by atoms with Crippen molar-refractivity contribution in [3.63, 3.8) is 0 Å². The smallest absolute Gasteiger partial charge is 0.475 e. The molecule has 0 aliphatic carbocycles. The maximum Gasteiger partial charge on any atom is 0.490 e. The third-order valence-electron chi connectivity index (χ3n) is 4.68. The minimum Gasteiger partial charge on any atom is -0.475 e.